The number of nitrogens with zero attached hydrogens (tertiary/aromatic N) is 4. The van der Waals surface area contributed by atoms with Crippen molar-refractivity contribution in [1.82, 2.24) is 18.8 Å². The van der Waals surface area contributed by atoms with E-state index >= 15 is 0 Å². The molecule has 1 fully saturated rings. The van der Waals surface area contributed by atoms with Crippen molar-refractivity contribution in [2.24, 2.45) is 0 Å². The minimum Gasteiger partial charge on any atom is -0.379 e. The fourth-order valence-electron chi connectivity index (χ4n) is 2.82. The second-order valence-electron chi connectivity index (χ2n) is 5.59. The van der Waals surface area contributed by atoms with E-state index in [-0.39, 0.29) is 0 Å². The first-order valence-corrected chi connectivity index (χ1v) is 8.56. The molecule has 118 valence electrons. The van der Waals surface area contributed by atoms with Gasteiger partial charge in [-0.2, -0.15) is 0 Å². The molecule has 0 amide bonds. The molecule has 1 aromatic carbocycles. The van der Waals surface area contributed by atoms with Gasteiger partial charge in [-0.05, 0) is 29.2 Å². The molecule has 0 atom stereocenters. The summed E-state index contributed by atoms with van der Waals surface area (Å²) in [4.78, 5) is 6.89. The summed E-state index contributed by atoms with van der Waals surface area (Å²) in [6, 6.07) is 8.70. The topological polar surface area (TPSA) is 43.2 Å². The fraction of sp³-hybridized carbons (Fsp3) is 0.294. The van der Waals surface area contributed by atoms with E-state index in [2.05, 4.69) is 43.1 Å². The van der Waals surface area contributed by atoms with Gasteiger partial charge in [-0.25, -0.2) is 9.36 Å². The summed E-state index contributed by atoms with van der Waals surface area (Å²) < 4.78 is 11.7. The standard InChI is InChI=1S/C17H18N4OS/c1-3-16(4-2-14(1)12-20-7-9-22-10-8-20)21-6-5-18-17(21)15-11-19-23-13-15/h1-6,11,13H,7-10,12H2. The summed E-state index contributed by atoms with van der Waals surface area (Å²) >= 11 is 1.44. The number of hydrogen-bond acceptors (Lipinski definition) is 5. The predicted molar refractivity (Wildman–Crippen MR) is 90.8 cm³/mol. The molecule has 1 saturated heterocycles. The van der Waals surface area contributed by atoms with Gasteiger partial charge in [0, 0.05) is 48.7 Å². The normalized spacial score (nSPS) is 15.8. The van der Waals surface area contributed by atoms with Crippen LogP contribution in [0.15, 0.2) is 48.2 Å². The van der Waals surface area contributed by atoms with Gasteiger partial charge in [0.2, 0.25) is 0 Å². The van der Waals surface area contributed by atoms with Gasteiger partial charge in [-0.1, -0.05) is 12.1 Å². The van der Waals surface area contributed by atoms with Crippen molar-refractivity contribution in [2.45, 2.75) is 6.54 Å². The molecule has 0 saturated carbocycles. The van der Waals surface area contributed by atoms with E-state index in [1.165, 1.54) is 17.1 Å². The Labute approximate surface area is 139 Å². The molecule has 5 nitrogen and oxygen atoms in total. The highest BCUT2D eigenvalue weighted by Gasteiger charge is 2.12. The Hall–Kier alpha value is -2.02. The Balaban J connectivity index is 1.53. The van der Waals surface area contributed by atoms with E-state index in [9.17, 15) is 0 Å². The lowest BCUT2D eigenvalue weighted by atomic mass is 10.2. The van der Waals surface area contributed by atoms with Crippen molar-refractivity contribution in [3.05, 3.63) is 53.8 Å². The molecule has 2 aromatic heterocycles. The van der Waals surface area contributed by atoms with Gasteiger partial charge in [-0.3, -0.25) is 9.47 Å². The third kappa shape index (κ3) is 3.19. The Morgan fingerprint density at radius 1 is 1.13 bits per heavy atom. The van der Waals surface area contributed by atoms with Gasteiger partial charge in [0.1, 0.15) is 5.82 Å². The smallest absolute Gasteiger partial charge is 0.146 e. The number of ether oxygens (including phenoxy) is 1. The van der Waals surface area contributed by atoms with Gasteiger partial charge in [0.25, 0.3) is 0 Å². The van der Waals surface area contributed by atoms with E-state index in [0.29, 0.717) is 0 Å². The summed E-state index contributed by atoms with van der Waals surface area (Å²) in [6.45, 7) is 4.68. The molecule has 23 heavy (non-hydrogen) atoms. The molecule has 0 N–H and O–H groups in total. The van der Waals surface area contributed by atoms with E-state index in [0.717, 1.165) is 49.9 Å². The van der Waals surface area contributed by atoms with Gasteiger partial charge >= 0.3 is 0 Å². The fourth-order valence-corrected chi connectivity index (χ4v) is 3.34. The molecule has 0 bridgehead atoms. The summed E-state index contributed by atoms with van der Waals surface area (Å²) in [5.41, 5.74) is 3.50. The number of benzene rings is 1. The maximum Gasteiger partial charge on any atom is 0.146 e. The highest BCUT2D eigenvalue weighted by Crippen LogP contribution is 2.22. The Kier molecular flexibility index (Phi) is 4.19. The summed E-state index contributed by atoms with van der Waals surface area (Å²) in [5.74, 6) is 0.930. The first kappa shape index (κ1) is 14.6. The lowest BCUT2D eigenvalue weighted by molar-refractivity contribution is 0.0342. The van der Waals surface area contributed by atoms with Crippen LogP contribution in [0.4, 0.5) is 0 Å². The zero-order valence-corrected chi connectivity index (χ0v) is 13.6. The third-order valence-corrected chi connectivity index (χ3v) is 4.64. The van der Waals surface area contributed by atoms with Crippen molar-refractivity contribution in [1.29, 1.82) is 0 Å². The molecule has 0 spiro atoms. The number of morpholine rings is 1. The zero-order valence-electron chi connectivity index (χ0n) is 12.8. The number of imidazole rings is 1. The highest BCUT2D eigenvalue weighted by atomic mass is 32.1. The SMILES string of the molecule is c1cn(-c2ccc(CN3CCOCC3)cc2)c(-c2cnsc2)n1. The van der Waals surface area contributed by atoms with Crippen molar-refractivity contribution >= 4 is 11.5 Å². The number of hydrogen-bond donors (Lipinski definition) is 0. The Morgan fingerprint density at radius 3 is 2.70 bits per heavy atom. The van der Waals surface area contributed by atoms with E-state index in [4.69, 9.17) is 4.74 Å². The summed E-state index contributed by atoms with van der Waals surface area (Å²) in [6.07, 6.45) is 5.68. The largest absolute Gasteiger partial charge is 0.379 e. The van der Waals surface area contributed by atoms with Crippen LogP contribution < -0.4 is 0 Å². The van der Waals surface area contributed by atoms with E-state index < -0.39 is 0 Å². The zero-order chi connectivity index (χ0) is 15.5. The van der Waals surface area contributed by atoms with Crippen molar-refractivity contribution in [3.63, 3.8) is 0 Å². The molecule has 3 heterocycles. The van der Waals surface area contributed by atoms with Gasteiger partial charge in [0.05, 0.1) is 19.4 Å². The Bertz CT molecular complexity index is 745. The first-order chi connectivity index (χ1) is 11.4. The van der Waals surface area contributed by atoms with Crippen LogP contribution in [0.2, 0.25) is 0 Å². The first-order valence-electron chi connectivity index (χ1n) is 7.73. The summed E-state index contributed by atoms with van der Waals surface area (Å²) in [7, 11) is 0. The maximum absolute atomic E-state index is 5.40. The van der Waals surface area contributed by atoms with Gasteiger partial charge in [-0.15, -0.1) is 0 Å². The second kappa shape index (κ2) is 6.62. The van der Waals surface area contributed by atoms with Crippen molar-refractivity contribution < 1.29 is 4.74 Å². The molecular weight excluding hydrogens is 308 g/mol. The lowest BCUT2D eigenvalue weighted by Crippen LogP contribution is -2.35. The van der Waals surface area contributed by atoms with Crippen LogP contribution in [0.5, 0.6) is 0 Å². The van der Waals surface area contributed by atoms with E-state index in [1.807, 2.05) is 24.0 Å². The van der Waals surface area contributed by atoms with Crippen LogP contribution in [-0.2, 0) is 11.3 Å². The quantitative estimate of drug-likeness (QED) is 0.739. The van der Waals surface area contributed by atoms with Crippen LogP contribution in [-0.4, -0.2) is 45.1 Å². The van der Waals surface area contributed by atoms with Crippen LogP contribution in [0.3, 0.4) is 0 Å². The van der Waals surface area contributed by atoms with E-state index in [1.54, 1.807) is 0 Å². The summed E-state index contributed by atoms with van der Waals surface area (Å²) in [5, 5.41) is 2.02. The second-order valence-corrected chi connectivity index (χ2v) is 6.25. The predicted octanol–water partition coefficient (Wildman–Crippen LogP) is 2.83. The highest BCUT2D eigenvalue weighted by molar-refractivity contribution is 7.03. The lowest BCUT2D eigenvalue weighted by Gasteiger charge is -2.26. The molecule has 4 rings (SSSR count). The molecular formula is C17H18N4OS. The molecule has 0 aliphatic carbocycles. The van der Waals surface area contributed by atoms with Crippen LogP contribution >= 0.6 is 11.5 Å². The average Bonchev–Trinajstić information content (AvgIpc) is 3.28. The maximum atomic E-state index is 5.40. The number of aromatic nitrogens is 3. The molecule has 6 heteroatoms. The average molecular weight is 326 g/mol. The molecule has 1 aliphatic heterocycles. The monoisotopic (exact) mass is 326 g/mol. The molecule has 1 aliphatic rings. The van der Waals surface area contributed by atoms with Crippen LogP contribution in [0.1, 0.15) is 5.56 Å². The van der Waals surface area contributed by atoms with Crippen LogP contribution in [0.25, 0.3) is 17.1 Å². The minimum atomic E-state index is 0.838. The molecule has 0 radical (unpaired) electrons. The third-order valence-electron chi connectivity index (χ3n) is 4.06. The van der Waals surface area contributed by atoms with Gasteiger partial charge < -0.3 is 4.74 Å². The molecule has 0 unspecified atom stereocenters. The Morgan fingerprint density at radius 2 is 1.96 bits per heavy atom. The van der Waals surface area contributed by atoms with Gasteiger partial charge in [0.15, 0.2) is 0 Å². The molecule has 3 aromatic rings. The van der Waals surface area contributed by atoms with Crippen LogP contribution in [0, 0.1) is 0 Å². The van der Waals surface area contributed by atoms with Crippen molar-refractivity contribution in [2.75, 3.05) is 26.3 Å². The minimum absolute atomic E-state index is 0.838. The van der Waals surface area contributed by atoms with Crippen molar-refractivity contribution in [3.8, 4) is 17.1 Å². The number of rotatable bonds is 4.